The average Bonchev–Trinajstić information content (AvgIpc) is 3.33. The molecule has 0 bridgehead atoms. The standard InChI is InChI=1S/C37H49N9O3/c1-27-7-8-30(41-36(47)28-9-11-39-33(22-28)37(2,3)4)23-32(27)42-35-25-31(26-45-16-20-49-21-17-45)43-46(35)34-24-29(6-5-10-40-34)38-12-13-44-14-18-48-19-15-44/h6-11,22-25,38,42H,5,12-21,26H2,1-4H3,(H,41,47). The maximum Gasteiger partial charge on any atom is 0.255 e. The number of aliphatic imine (C=N–C) groups is 1. The van der Waals surface area contributed by atoms with E-state index >= 15 is 0 Å². The number of morpholine rings is 2. The van der Waals surface area contributed by atoms with E-state index in [1.807, 2.05) is 42.1 Å². The number of ether oxygens (including phenoxy) is 2. The molecular weight excluding hydrogens is 618 g/mol. The Morgan fingerprint density at radius 3 is 2.47 bits per heavy atom. The molecule has 2 fully saturated rings. The van der Waals surface area contributed by atoms with Crippen LogP contribution in [0.2, 0.25) is 0 Å². The van der Waals surface area contributed by atoms with E-state index in [0.717, 1.165) is 106 Å². The molecule has 1 amide bonds. The highest BCUT2D eigenvalue weighted by atomic mass is 16.5. The largest absolute Gasteiger partial charge is 0.384 e. The van der Waals surface area contributed by atoms with Gasteiger partial charge in [-0.2, -0.15) is 9.78 Å². The van der Waals surface area contributed by atoms with Gasteiger partial charge in [0, 0.05) is 111 Å². The van der Waals surface area contributed by atoms with Crippen LogP contribution in [-0.4, -0.2) is 102 Å². The first-order valence-corrected chi connectivity index (χ1v) is 17.2. The van der Waals surface area contributed by atoms with Gasteiger partial charge in [0.25, 0.3) is 5.91 Å². The number of carbonyl (C=O) groups is 1. The second-order valence-corrected chi connectivity index (χ2v) is 13.7. The van der Waals surface area contributed by atoms with Gasteiger partial charge in [0.1, 0.15) is 5.82 Å². The van der Waals surface area contributed by atoms with Crippen LogP contribution >= 0.6 is 0 Å². The number of allylic oxidation sites excluding steroid dienone is 2. The Kier molecular flexibility index (Phi) is 11.2. The number of hydrogen-bond acceptors (Lipinski definition) is 10. The SMILES string of the molecule is Cc1ccc(NC(=O)c2ccnc(C(C)(C)C)c2)cc1Nc1cc(CN2CCOCC2)nn1C1=CC(NCCN2CCOCC2)=CCC=N1. The van der Waals surface area contributed by atoms with Gasteiger partial charge in [-0.15, -0.1) is 0 Å². The number of rotatable bonds is 11. The van der Waals surface area contributed by atoms with Gasteiger partial charge in [0.05, 0.1) is 32.1 Å². The van der Waals surface area contributed by atoms with Gasteiger partial charge in [0.15, 0.2) is 5.82 Å². The van der Waals surface area contributed by atoms with Crippen LogP contribution in [0.4, 0.5) is 17.2 Å². The molecule has 5 heterocycles. The molecule has 12 heteroatoms. The fourth-order valence-electron chi connectivity index (χ4n) is 5.90. The summed E-state index contributed by atoms with van der Waals surface area (Å²) in [5.74, 6) is 1.32. The molecule has 3 aromatic rings. The Morgan fingerprint density at radius 1 is 0.959 bits per heavy atom. The number of pyridine rings is 1. The molecule has 3 N–H and O–H groups in total. The smallest absolute Gasteiger partial charge is 0.255 e. The zero-order valence-corrected chi connectivity index (χ0v) is 29.2. The lowest BCUT2D eigenvalue weighted by atomic mass is 9.91. The fourth-order valence-corrected chi connectivity index (χ4v) is 5.90. The molecule has 49 heavy (non-hydrogen) atoms. The van der Waals surface area contributed by atoms with Crippen LogP contribution in [0.3, 0.4) is 0 Å². The average molecular weight is 668 g/mol. The van der Waals surface area contributed by atoms with Gasteiger partial charge in [-0.3, -0.25) is 19.6 Å². The van der Waals surface area contributed by atoms with Crippen molar-refractivity contribution in [2.24, 2.45) is 4.99 Å². The Labute approximate surface area is 289 Å². The molecule has 3 aliphatic heterocycles. The summed E-state index contributed by atoms with van der Waals surface area (Å²) in [6, 6.07) is 11.6. The van der Waals surface area contributed by atoms with E-state index in [1.54, 1.807) is 12.3 Å². The van der Waals surface area contributed by atoms with Crippen LogP contribution in [0.1, 0.15) is 54.5 Å². The highest BCUT2D eigenvalue weighted by Gasteiger charge is 2.20. The topological polar surface area (TPSA) is 121 Å². The molecule has 3 aliphatic rings. The lowest BCUT2D eigenvalue weighted by Gasteiger charge is -2.26. The van der Waals surface area contributed by atoms with Crippen LogP contribution in [-0.2, 0) is 21.4 Å². The molecule has 0 aliphatic carbocycles. The van der Waals surface area contributed by atoms with E-state index in [9.17, 15) is 4.79 Å². The van der Waals surface area contributed by atoms with Crippen LogP contribution in [0.25, 0.3) is 5.82 Å². The summed E-state index contributed by atoms with van der Waals surface area (Å²) >= 11 is 0. The minimum Gasteiger partial charge on any atom is -0.384 e. The van der Waals surface area contributed by atoms with Gasteiger partial charge in [-0.05, 0) is 36.8 Å². The molecule has 0 atom stereocenters. The number of benzene rings is 1. The first-order chi connectivity index (χ1) is 23.7. The van der Waals surface area contributed by atoms with Crippen molar-refractivity contribution >= 4 is 35.1 Å². The third-order valence-corrected chi connectivity index (χ3v) is 8.83. The minimum absolute atomic E-state index is 0.160. The summed E-state index contributed by atoms with van der Waals surface area (Å²) in [4.78, 5) is 27.4. The summed E-state index contributed by atoms with van der Waals surface area (Å²) < 4.78 is 13.0. The minimum atomic E-state index is -0.182. The zero-order chi connectivity index (χ0) is 34.2. The maximum absolute atomic E-state index is 13.3. The highest BCUT2D eigenvalue weighted by molar-refractivity contribution is 6.04. The van der Waals surface area contributed by atoms with Gasteiger partial charge in [-0.1, -0.05) is 32.9 Å². The predicted molar refractivity (Wildman–Crippen MR) is 194 cm³/mol. The molecule has 12 nitrogen and oxygen atoms in total. The van der Waals surface area contributed by atoms with Gasteiger partial charge >= 0.3 is 0 Å². The molecule has 0 radical (unpaired) electrons. The van der Waals surface area contributed by atoms with E-state index in [-0.39, 0.29) is 11.3 Å². The van der Waals surface area contributed by atoms with E-state index in [1.165, 1.54) is 0 Å². The Balaban J connectivity index is 1.23. The number of aromatic nitrogens is 3. The normalized spacial score (nSPS) is 17.6. The van der Waals surface area contributed by atoms with Gasteiger partial charge in [-0.25, -0.2) is 4.99 Å². The van der Waals surface area contributed by atoms with Crippen LogP contribution in [0, 0.1) is 6.92 Å². The molecule has 2 saturated heterocycles. The zero-order valence-electron chi connectivity index (χ0n) is 29.2. The van der Waals surface area contributed by atoms with Crippen LogP contribution in [0.15, 0.2) is 65.4 Å². The Hall–Kier alpha value is -4.36. The highest BCUT2D eigenvalue weighted by Crippen LogP contribution is 2.29. The predicted octanol–water partition coefficient (Wildman–Crippen LogP) is 4.79. The van der Waals surface area contributed by atoms with Crippen molar-refractivity contribution in [1.82, 2.24) is 29.9 Å². The number of nitrogens with one attached hydrogen (secondary N) is 3. The van der Waals surface area contributed by atoms with E-state index in [0.29, 0.717) is 23.6 Å². The summed E-state index contributed by atoms with van der Waals surface area (Å²) in [5.41, 5.74) is 5.81. The Bertz CT molecular complexity index is 1690. The quantitative estimate of drug-likeness (QED) is 0.265. The molecule has 0 unspecified atom stereocenters. The number of carbonyl (C=O) groups excluding carboxylic acids is 1. The van der Waals surface area contributed by atoms with Crippen LogP contribution in [0.5, 0.6) is 0 Å². The van der Waals surface area contributed by atoms with Crippen molar-refractivity contribution in [2.45, 2.75) is 46.1 Å². The van der Waals surface area contributed by atoms with Crippen molar-refractivity contribution in [2.75, 3.05) is 76.3 Å². The molecule has 2 aromatic heterocycles. The molecule has 260 valence electrons. The number of aryl methyl sites for hydroxylation is 1. The lowest BCUT2D eigenvalue weighted by molar-refractivity contribution is 0.0336. The van der Waals surface area contributed by atoms with E-state index in [4.69, 9.17) is 19.6 Å². The Morgan fingerprint density at radius 2 is 1.71 bits per heavy atom. The monoisotopic (exact) mass is 667 g/mol. The second-order valence-electron chi connectivity index (χ2n) is 13.7. The molecule has 6 rings (SSSR count). The number of hydrogen-bond donors (Lipinski definition) is 3. The van der Waals surface area contributed by atoms with E-state index in [2.05, 4.69) is 69.7 Å². The summed E-state index contributed by atoms with van der Waals surface area (Å²) in [6.45, 7) is 17.5. The van der Waals surface area contributed by atoms with E-state index < -0.39 is 0 Å². The van der Waals surface area contributed by atoms with Crippen molar-refractivity contribution in [1.29, 1.82) is 0 Å². The number of nitrogens with zero attached hydrogens (tertiary/aromatic N) is 6. The third kappa shape index (κ3) is 9.42. The lowest BCUT2D eigenvalue weighted by Crippen LogP contribution is -2.40. The summed E-state index contributed by atoms with van der Waals surface area (Å²) in [5, 5.41) is 15.4. The van der Waals surface area contributed by atoms with Crippen molar-refractivity contribution in [3.63, 3.8) is 0 Å². The van der Waals surface area contributed by atoms with Crippen LogP contribution < -0.4 is 16.0 Å². The van der Waals surface area contributed by atoms with Gasteiger partial charge in [0.2, 0.25) is 0 Å². The first-order valence-electron chi connectivity index (χ1n) is 17.2. The van der Waals surface area contributed by atoms with Crippen molar-refractivity contribution in [3.8, 4) is 0 Å². The van der Waals surface area contributed by atoms with Crippen molar-refractivity contribution < 1.29 is 14.3 Å². The summed E-state index contributed by atoms with van der Waals surface area (Å²) in [7, 11) is 0. The second kappa shape index (κ2) is 15.9. The molecule has 0 spiro atoms. The molecule has 0 saturated carbocycles. The first kappa shape index (κ1) is 34.5. The fraction of sp³-hybridized carbons (Fsp3) is 0.459. The van der Waals surface area contributed by atoms with Crippen molar-refractivity contribution in [3.05, 3.63) is 83.0 Å². The molecule has 1 aromatic carbocycles. The maximum atomic E-state index is 13.3. The number of anilines is 3. The van der Waals surface area contributed by atoms with Gasteiger partial charge < -0.3 is 25.4 Å². The summed E-state index contributed by atoms with van der Waals surface area (Å²) in [6.07, 6.45) is 8.55. The molecular formula is C37H49N9O3. The number of amides is 1. The third-order valence-electron chi connectivity index (χ3n) is 8.83.